The smallest absolute Gasteiger partial charge is 0.207 e. The fourth-order valence-electron chi connectivity index (χ4n) is 1.83. The highest BCUT2D eigenvalue weighted by atomic mass is 79.9. The highest BCUT2D eigenvalue weighted by Crippen LogP contribution is 2.27. The number of rotatable bonds is 4. The summed E-state index contributed by atoms with van der Waals surface area (Å²) in [5.41, 5.74) is 0.862. The van der Waals surface area contributed by atoms with E-state index in [1.54, 1.807) is 19.1 Å². The molecule has 1 unspecified atom stereocenters. The van der Waals surface area contributed by atoms with Crippen LogP contribution in [0.1, 0.15) is 18.5 Å². The first-order chi connectivity index (χ1) is 9.79. The van der Waals surface area contributed by atoms with E-state index in [2.05, 4.69) is 36.6 Å². The van der Waals surface area contributed by atoms with Gasteiger partial charge in [-0.15, -0.1) is 0 Å². The van der Waals surface area contributed by atoms with Crippen molar-refractivity contribution in [3.8, 4) is 0 Å². The van der Waals surface area contributed by atoms with Gasteiger partial charge < -0.3 is 0 Å². The number of hydrogen-bond donors (Lipinski definition) is 1. The predicted octanol–water partition coefficient (Wildman–Crippen LogP) is 4.90. The molecule has 0 saturated heterocycles. The topological polar surface area (TPSA) is 46.2 Å². The van der Waals surface area contributed by atoms with Gasteiger partial charge in [-0.05, 0) is 42.8 Å². The summed E-state index contributed by atoms with van der Waals surface area (Å²) >= 11 is 12.6. The third kappa shape index (κ3) is 4.29. The van der Waals surface area contributed by atoms with Crippen LogP contribution in [0.4, 0.5) is 0 Å². The molecule has 0 aromatic heterocycles. The van der Waals surface area contributed by atoms with Gasteiger partial charge in [-0.2, -0.15) is 0 Å². The summed E-state index contributed by atoms with van der Waals surface area (Å²) in [7, 11) is -3.69. The molecule has 0 bridgehead atoms. The van der Waals surface area contributed by atoms with Crippen molar-refractivity contribution in [1.29, 1.82) is 0 Å². The zero-order chi connectivity index (χ0) is 15.6. The van der Waals surface area contributed by atoms with Gasteiger partial charge in [0, 0.05) is 15.0 Å². The summed E-state index contributed by atoms with van der Waals surface area (Å²) in [6.45, 7) is 1.78. The second kappa shape index (κ2) is 6.79. The van der Waals surface area contributed by atoms with Gasteiger partial charge in [-0.25, -0.2) is 13.1 Å². The minimum Gasteiger partial charge on any atom is -0.207 e. The molecule has 0 fully saturated rings. The summed E-state index contributed by atoms with van der Waals surface area (Å²) in [6.07, 6.45) is 0. The standard InChI is InChI=1S/C14H12Br2ClNO2S/c1-9(10-3-2-4-11(15)7-10)18-21(19,20)14-6-5-12(16)8-13(14)17/h2-9,18H,1H3. The number of hydrogen-bond acceptors (Lipinski definition) is 2. The molecule has 2 aromatic rings. The summed E-state index contributed by atoms with van der Waals surface area (Å²) in [6, 6.07) is 11.8. The molecule has 1 atom stereocenters. The van der Waals surface area contributed by atoms with Crippen molar-refractivity contribution < 1.29 is 8.42 Å². The molecule has 0 aliphatic heterocycles. The predicted molar refractivity (Wildman–Crippen MR) is 92.0 cm³/mol. The van der Waals surface area contributed by atoms with Crippen LogP contribution in [0, 0.1) is 0 Å². The quantitative estimate of drug-likeness (QED) is 0.715. The lowest BCUT2D eigenvalue weighted by atomic mass is 10.1. The zero-order valence-electron chi connectivity index (χ0n) is 11.0. The second-order valence-corrected chi connectivity index (χ2v) is 8.39. The molecule has 2 aromatic carbocycles. The average Bonchev–Trinajstić information content (AvgIpc) is 2.37. The molecule has 112 valence electrons. The first-order valence-electron chi connectivity index (χ1n) is 6.02. The molecule has 0 saturated carbocycles. The van der Waals surface area contributed by atoms with Crippen LogP contribution in [0.15, 0.2) is 56.3 Å². The van der Waals surface area contributed by atoms with E-state index in [1.807, 2.05) is 24.3 Å². The maximum atomic E-state index is 12.4. The molecular weight excluding hydrogens is 441 g/mol. The van der Waals surface area contributed by atoms with Crippen molar-refractivity contribution in [2.24, 2.45) is 0 Å². The molecule has 0 amide bonds. The second-order valence-electron chi connectivity index (χ2n) is 4.47. The Balaban J connectivity index is 2.29. The first-order valence-corrected chi connectivity index (χ1v) is 9.47. The fourth-order valence-corrected chi connectivity index (χ4v) is 4.52. The van der Waals surface area contributed by atoms with Crippen LogP contribution >= 0.6 is 43.5 Å². The third-order valence-corrected chi connectivity index (χ3v) is 5.87. The van der Waals surface area contributed by atoms with Gasteiger partial charge in [0.2, 0.25) is 10.0 Å². The van der Waals surface area contributed by atoms with E-state index >= 15 is 0 Å². The van der Waals surface area contributed by atoms with Gasteiger partial charge in [-0.1, -0.05) is 55.6 Å². The van der Waals surface area contributed by atoms with Gasteiger partial charge in [-0.3, -0.25) is 0 Å². The van der Waals surface area contributed by atoms with E-state index in [0.29, 0.717) is 0 Å². The molecule has 0 heterocycles. The molecule has 0 aliphatic rings. The highest BCUT2D eigenvalue weighted by Gasteiger charge is 2.21. The maximum Gasteiger partial charge on any atom is 0.242 e. The van der Waals surface area contributed by atoms with Crippen LogP contribution in [-0.4, -0.2) is 8.42 Å². The van der Waals surface area contributed by atoms with E-state index in [-0.39, 0.29) is 16.0 Å². The van der Waals surface area contributed by atoms with Gasteiger partial charge in [0.15, 0.2) is 0 Å². The van der Waals surface area contributed by atoms with Crippen molar-refractivity contribution in [3.05, 3.63) is 62.0 Å². The average molecular weight is 454 g/mol. The number of sulfonamides is 1. The Labute approximate surface area is 146 Å². The van der Waals surface area contributed by atoms with Crippen LogP contribution in [-0.2, 0) is 10.0 Å². The molecule has 1 N–H and O–H groups in total. The lowest BCUT2D eigenvalue weighted by Gasteiger charge is -2.15. The van der Waals surface area contributed by atoms with Crippen molar-refractivity contribution >= 4 is 53.5 Å². The van der Waals surface area contributed by atoms with Crippen molar-refractivity contribution in [1.82, 2.24) is 4.72 Å². The van der Waals surface area contributed by atoms with E-state index in [4.69, 9.17) is 11.6 Å². The number of benzene rings is 2. The molecule has 3 nitrogen and oxygen atoms in total. The summed E-state index contributed by atoms with van der Waals surface area (Å²) in [5.74, 6) is 0. The van der Waals surface area contributed by atoms with E-state index in [0.717, 1.165) is 14.5 Å². The van der Waals surface area contributed by atoms with Crippen LogP contribution < -0.4 is 4.72 Å². The Morgan fingerprint density at radius 2 is 1.76 bits per heavy atom. The Morgan fingerprint density at radius 1 is 1.10 bits per heavy atom. The number of nitrogens with one attached hydrogen (secondary N) is 1. The third-order valence-electron chi connectivity index (χ3n) is 2.86. The van der Waals surface area contributed by atoms with Crippen LogP contribution in [0.5, 0.6) is 0 Å². The van der Waals surface area contributed by atoms with Gasteiger partial charge in [0.1, 0.15) is 4.90 Å². The summed E-state index contributed by atoms with van der Waals surface area (Å²) < 4.78 is 29.1. The minimum atomic E-state index is -3.69. The summed E-state index contributed by atoms with van der Waals surface area (Å²) in [4.78, 5) is 0.0641. The highest BCUT2D eigenvalue weighted by molar-refractivity contribution is 9.10. The Hall–Kier alpha value is -0.400. The zero-order valence-corrected chi connectivity index (χ0v) is 15.7. The van der Waals surface area contributed by atoms with Crippen molar-refractivity contribution in [3.63, 3.8) is 0 Å². The van der Waals surface area contributed by atoms with Gasteiger partial charge >= 0.3 is 0 Å². The van der Waals surface area contributed by atoms with Crippen molar-refractivity contribution in [2.45, 2.75) is 17.9 Å². The van der Waals surface area contributed by atoms with Crippen LogP contribution in [0.3, 0.4) is 0 Å². The minimum absolute atomic E-state index is 0.0641. The van der Waals surface area contributed by atoms with E-state index in [9.17, 15) is 8.42 Å². The first kappa shape index (κ1) is 17.0. The molecular formula is C14H12Br2ClNO2S. The lowest BCUT2D eigenvalue weighted by molar-refractivity contribution is 0.567. The van der Waals surface area contributed by atoms with Gasteiger partial charge in [0.25, 0.3) is 0 Å². The van der Waals surface area contributed by atoms with Crippen LogP contribution in [0.2, 0.25) is 5.02 Å². The Morgan fingerprint density at radius 3 is 2.38 bits per heavy atom. The van der Waals surface area contributed by atoms with E-state index < -0.39 is 10.0 Å². The fraction of sp³-hybridized carbons (Fsp3) is 0.143. The van der Waals surface area contributed by atoms with E-state index in [1.165, 1.54) is 6.07 Å². The normalized spacial score (nSPS) is 13.1. The molecule has 7 heteroatoms. The summed E-state index contributed by atoms with van der Waals surface area (Å²) in [5, 5.41) is 0.179. The Bertz CT molecular complexity index is 765. The monoisotopic (exact) mass is 451 g/mol. The van der Waals surface area contributed by atoms with Gasteiger partial charge in [0.05, 0.1) is 5.02 Å². The van der Waals surface area contributed by atoms with Crippen LogP contribution in [0.25, 0.3) is 0 Å². The largest absolute Gasteiger partial charge is 0.242 e. The molecule has 0 spiro atoms. The molecule has 0 aliphatic carbocycles. The molecule has 0 radical (unpaired) electrons. The Kier molecular flexibility index (Phi) is 5.48. The lowest BCUT2D eigenvalue weighted by Crippen LogP contribution is -2.27. The number of halogens is 3. The molecule has 21 heavy (non-hydrogen) atoms. The molecule has 2 rings (SSSR count). The van der Waals surface area contributed by atoms with Crippen molar-refractivity contribution in [2.75, 3.05) is 0 Å². The SMILES string of the molecule is CC(NS(=O)(=O)c1ccc(Br)cc1Cl)c1cccc(Br)c1. The maximum absolute atomic E-state index is 12.4.